The summed E-state index contributed by atoms with van der Waals surface area (Å²) in [5.74, 6) is 0.823. The number of anilines is 2. The number of nitrogens with zero attached hydrogens (tertiary/aromatic N) is 7. The van der Waals surface area contributed by atoms with Crippen LogP contribution in [0.3, 0.4) is 0 Å². The van der Waals surface area contributed by atoms with Gasteiger partial charge in [0, 0.05) is 86.6 Å². The second-order valence-corrected chi connectivity index (χ2v) is 10.2. The molecule has 4 heterocycles. The SMILES string of the molecule is NCc1[nH]nc2ccc(NN([O-])C3CCN(CC(=O)N4CCN(c5ccc(-c6ncccn6)cc5)CC4)C3)cc12. The summed E-state index contributed by atoms with van der Waals surface area (Å²) in [7, 11) is 0. The second-order valence-electron chi connectivity index (χ2n) is 10.2. The lowest BCUT2D eigenvalue weighted by atomic mass is 10.1. The van der Waals surface area contributed by atoms with E-state index in [0.717, 1.165) is 46.1 Å². The fourth-order valence-electron chi connectivity index (χ4n) is 5.43. The lowest BCUT2D eigenvalue weighted by molar-refractivity contribution is -0.132. The molecule has 0 spiro atoms. The minimum atomic E-state index is -0.233. The minimum Gasteiger partial charge on any atom is -0.767 e. The summed E-state index contributed by atoms with van der Waals surface area (Å²) in [6.45, 7) is 4.85. The molecule has 2 aromatic heterocycles. The van der Waals surface area contributed by atoms with Gasteiger partial charge in [0.25, 0.3) is 0 Å². The molecule has 2 aromatic carbocycles. The van der Waals surface area contributed by atoms with Crippen LogP contribution in [0.4, 0.5) is 11.4 Å². The van der Waals surface area contributed by atoms with Gasteiger partial charge in [-0.25, -0.2) is 9.97 Å². The number of aromatic nitrogens is 4. The van der Waals surface area contributed by atoms with Gasteiger partial charge in [-0.1, -0.05) is 0 Å². The standard InChI is InChI=1S/C28H33N10O2/c29-17-26-24-16-21(4-7-25(24)32-33-26)34-38(40)23-8-11-35(18-23)19-27(39)37-14-12-36(13-15-37)22-5-2-20(3-6-22)28-30-9-1-10-31-28/h1-7,9-10,16,23,34H,8,11-15,17-19,29H2,(H,32,33)/q-1. The minimum absolute atomic E-state index is 0.113. The van der Waals surface area contributed by atoms with Crippen molar-refractivity contribution in [3.05, 3.63) is 71.8 Å². The van der Waals surface area contributed by atoms with Crippen LogP contribution >= 0.6 is 0 Å². The molecule has 1 unspecified atom stereocenters. The van der Waals surface area contributed by atoms with Gasteiger partial charge < -0.3 is 26.2 Å². The van der Waals surface area contributed by atoms with Gasteiger partial charge in [-0.3, -0.25) is 20.0 Å². The molecule has 40 heavy (non-hydrogen) atoms. The Balaban J connectivity index is 0.968. The van der Waals surface area contributed by atoms with Crippen molar-refractivity contribution in [2.24, 2.45) is 5.73 Å². The Morgan fingerprint density at radius 2 is 1.85 bits per heavy atom. The van der Waals surface area contributed by atoms with Gasteiger partial charge in [-0.2, -0.15) is 5.10 Å². The summed E-state index contributed by atoms with van der Waals surface area (Å²) in [4.78, 5) is 28.0. The number of H-pyrrole nitrogens is 1. The summed E-state index contributed by atoms with van der Waals surface area (Å²) in [6, 6.07) is 15.4. The predicted octanol–water partition coefficient (Wildman–Crippen LogP) is 2.03. The molecule has 0 saturated carbocycles. The fourth-order valence-corrected chi connectivity index (χ4v) is 5.43. The Bertz CT molecular complexity index is 1440. The normalized spacial score (nSPS) is 18.1. The lowest BCUT2D eigenvalue weighted by Gasteiger charge is -2.37. The highest BCUT2D eigenvalue weighted by Gasteiger charge is 2.28. The predicted molar refractivity (Wildman–Crippen MR) is 154 cm³/mol. The van der Waals surface area contributed by atoms with E-state index in [4.69, 9.17) is 5.73 Å². The van der Waals surface area contributed by atoms with Crippen molar-refractivity contribution in [2.75, 3.05) is 56.1 Å². The molecule has 2 fully saturated rings. The molecule has 12 nitrogen and oxygen atoms in total. The van der Waals surface area contributed by atoms with Crippen LogP contribution in [0.15, 0.2) is 60.9 Å². The fraction of sp³-hybridized carbons (Fsp3) is 0.357. The number of fused-ring (bicyclic) bond motifs is 1. The molecule has 1 amide bonds. The Morgan fingerprint density at radius 1 is 1.07 bits per heavy atom. The highest BCUT2D eigenvalue weighted by atomic mass is 16.5. The number of rotatable bonds is 8. The monoisotopic (exact) mass is 541 g/mol. The van der Waals surface area contributed by atoms with E-state index < -0.39 is 0 Å². The molecule has 208 valence electrons. The number of carbonyl (C=O) groups excluding carboxylic acids is 1. The number of likely N-dealkylation sites (tertiary alicyclic amines) is 1. The molecule has 6 rings (SSSR count). The Morgan fingerprint density at radius 3 is 2.60 bits per heavy atom. The smallest absolute Gasteiger partial charge is 0.236 e. The number of amides is 1. The van der Waals surface area contributed by atoms with E-state index in [0.29, 0.717) is 57.2 Å². The molecule has 4 N–H and O–H groups in total. The Hall–Kier alpha value is -4.10. The summed E-state index contributed by atoms with van der Waals surface area (Å²) >= 11 is 0. The van der Waals surface area contributed by atoms with Crippen LogP contribution in [0.2, 0.25) is 0 Å². The first kappa shape index (κ1) is 26.1. The number of hydrogen-bond acceptors (Lipinski definition) is 10. The highest BCUT2D eigenvalue weighted by Crippen LogP contribution is 2.24. The van der Waals surface area contributed by atoms with Crippen LogP contribution in [-0.4, -0.2) is 92.9 Å². The molecule has 2 saturated heterocycles. The first-order valence-corrected chi connectivity index (χ1v) is 13.6. The van der Waals surface area contributed by atoms with E-state index in [1.807, 2.05) is 35.2 Å². The first-order chi connectivity index (χ1) is 19.6. The van der Waals surface area contributed by atoms with Crippen LogP contribution in [0.5, 0.6) is 0 Å². The number of nitrogens with two attached hydrogens (primary N) is 1. The Kier molecular flexibility index (Phi) is 7.55. The van der Waals surface area contributed by atoms with Crippen molar-refractivity contribution in [1.82, 2.24) is 35.1 Å². The van der Waals surface area contributed by atoms with E-state index in [1.54, 1.807) is 18.5 Å². The summed E-state index contributed by atoms with van der Waals surface area (Å²) in [6.07, 6.45) is 4.18. The second kappa shape index (κ2) is 11.6. The average molecular weight is 542 g/mol. The van der Waals surface area contributed by atoms with Crippen molar-refractivity contribution < 1.29 is 4.79 Å². The van der Waals surface area contributed by atoms with Gasteiger partial charge in [0.1, 0.15) is 0 Å². The first-order valence-electron chi connectivity index (χ1n) is 13.6. The van der Waals surface area contributed by atoms with Gasteiger partial charge in [-0.05, 0) is 55.0 Å². The van der Waals surface area contributed by atoms with Crippen molar-refractivity contribution in [3.63, 3.8) is 0 Å². The zero-order valence-corrected chi connectivity index (χ0v) is 22.2. The number of carbonyl (C=O) groups is 1. The molecule has 12 heteroatoms. The van der Waals surface area contributed by atoms with Gasteiger partial charge in [-0.15, -0.1) is 0 Å². The molecule has 2 aliphatic rings. The number of hydroxylamine groups is 1. The average Bonchev–Trinajstić information content (AvgIpc) is 3.64. The van der Waals surface area contributed by atoms with Crippen molar-refractivity contribution in [1.29, 1.82) is 0 Å². The number of hydrogen-bond donors (Lipinski definition) is 3. The molecule has 0 radical (unpaired) electrons. The van der Waals surface area contributed by atoms with Crippen LogP contribution in [-0.2, 0) is 11.3 Å². The molecular weight excluding hydrogens is 508 g/mol. The topological polar surface area (TPSA) is 146 Å². The zero-order valence-electron chi connectivity index (χ0n) is 22.2. The largest absolute Gasteiger partial charge is 0.767 e. The molecular formula is C28H33N10O2-. The van der Waals surface area contributed by atoms with Crippen LogP contribution in [0, 0.1) is 5.21 Å². The number of hydrazine groups is 1. The van der Waals surface area contributed by atoms with E-state index >= 15 is 0 Å². The van der Waals surface area contributed by atoms with E-state index in [2.05, 4.69) is 47.5 Å². The molecule has 2 aliphatic heterocycles. The molecule has 0 aliphatic carbocycles. The summed E-state index contributed by atoms with van der Waals surface area (Å²) in [5.41, 5.74) is 13.2. The molecule has 1 atom stereocenters. The number of benzene rings is 2. The van der Waals surface area contributed by atoms with Gasteiger partial charge in [0.15, 0.2) is 5.82 Å². The third-order valence-corrected chi connectivity index (χ3v) is 7.70. The van der Waals surface area contributed by atoms with Gasteiger partial charge in [0.05, 0.1) is 17.8 Å². The van der Waals surface area contributed by atoms with E-state index in [1.165, 1.54) is 0 Å². The zero-order chi connectivity index (χ0) is 27.5. The maximum absolute atomic E-state index is 13.1. The lowest BCUT2D eigenvalue weighted by Crippen LogP contribution is -2.51. The number of aromatic amines is 1. The van der Waals surface area contributed by atoms with Gasteiger partial charge in [0.2, 0.25) is 5.91 Å². The van der Waals surface area contributed by atoms with E-state index in [9.17, 15) is 10.0 Å². The summed E-state index contributed by atoms with van der Waals surface area (Å²) in [5, 5.41) is 21.8. The van der Waals surface area contributed by atoms with Gasteiger partial charge >= 0.3 is 0 Å². The number of piperazine rings is 1. The van der Waals surface area contributed by atoms with Crippen LogP contribution < -0.4 is 16.1 Å². The Labute approximate surface area is 232 Å². The van der Waals surface area contributed by atoms with Crippen LogP contribution in [0.25, 0.3) is 22.3 Å². The van der Waals surface area contributed by atoms with Crippen molar-refractivity contribution >= 4 is 28.2 Å². The van der Waals surface area contributed by atoms with Crippen LogP contribution in [0.1, 0.15) is 12.1 Å². The maximum atomic E-state index is 13.1. The third kappa shape index (κ3) is 5.61. The van der Waals surface area contributed by atoms with E-state index in [-0.39, 0.29) is 11.9 Å². The van der Waals surface area contributed by atoms with Crippen molar-refractivity contribution in [3.8, 4) is 11.4 Å². The quantitative estimate of drug-likeness (QED) is 0.283. The van der Waals surface area contributed by atoms with Crippen molar-refractivity contribution in [2.45, 2.75) is 19.0 Å². The summed E-state index contributed by atoms with van der Waals surface area (Å²) < 4.78 is 0. The third-order valence-electron chi connectivity index (χ3n) is 7.70. The molecule has 0 bridgehead atoms. The molecule has 4 aromatic rings. The maximum Gasteiger partial charge on any atom is 0.236 e. The highest BCUT2D eigenvalue weighted by molar-refractivity contribution is 5.84. The number of nitrogens with one attached hydrogen (secondary N) is 2.